The molecule has 10 heteroatoms. The van der Waals surface area contributed by atoms with E-state index in [0.29, 0.717) is 36.3 Å². The van der Waals surface area contributed by atoms with Crippen LogP contribution in [0.1, 0.15) is 46.4 Å². The van der Waals surface area contributed by atoms with Crippen LogP contribution in [-0.4, -0.2) is 42.1 Å². The molecule has 3 rings (SSSR count). The van der Waals surface area contributed by atoms with Crippen LogP contribution < -0.4 is 15.4 Å². The summed E-state index contributed by atoms with van der Waals surface area (Å²) in [6.07, 6.45) is 1.44. The predicted molar refractivity (Wildman–Crippen MR) is 116 cm³/mol. The van der Waals surface area contributed by atoms with Gasteiger partial charge >= 0.3 is 5.97 Å². The number of carbonyl (C=O) groups excluding carboxylic acids is 2. The molecule has 0 saturated heterocycles. The van der Waals surface area contributed by atoms with Crippen molar-refractivity contribution in [2.75, 3.05) is 13.1 Å². The van der Waals surface area contributed by atoms with Gasteiger partial charge in [0, 0.05) is 35.8 Å². The van der Waals surface area contributed by atoms with Crippen molar-refractivity contribution in [2.45, 2.75) is 31.8 Å². The number of hydrogen-bond acceptors (Lipinski definition) is 4. The molecule has 0 bridgehead atoms. The fourth-order valence-corrected chi connectivity index (χ4v) is 3.72. The molecule has 176 valence electrons. The molecule has 0 spiro atoms. The van der Waals surface area contributed by atoms with Crippen LogP contribution in [0.4, 0.5) is 8.78 Å². The Labute approximate surface area is 194 Å². The molecular formula is C23H23ClF2N2O5. The first-order valence-electron chi connectivity index (χ1n) is 10.4. The Morgan fingerprint density at radius 1 is 0.939 bits per heavy atom. The van der Waals surface area contributed by atoms with Gasteiger partial charge in [-0.2, -0.15) is 0 Å². The number of hydrogen-bond donors (Lipinski definition) is 3. The van der Waals surface area contributed by atoms with E-state index in [1.165, 1.54) is 0 Å². The normalized spacial score (nSPS) is 17.8. The molecular weight excluding hydrogens is 458 g/mol. The predicted octanol–water partition coefficient (Wildman–Crippen LogP) is 3.80. The molecule has 33 heavy (non-hydrogen) atoms. The van der Waals surface area contributed by atoms with Gasteiger partial charge in [0.05, 0.1) is 12.0 Å². The average molecular weight is 481 g/mol. The molecule has 3 N–H and O–H groups in total. The van der Waals surface area contributed by atoms with E-state index in [4.69, 9.17) is 21.4 Å². The Kier molecular flexibility index (Phi) is 8.21. The minimum atomic E-state index is -1.08. The minimum Gasteiger partial charge on any atom is -0.490 e. The highest BCUT2D eigenvalue weighted by molar-refractivity contribution is 6.30. The van der Waals surface area contributed by atoms with Crippen molar-refractivity contribution in [1.29, 1.82) is 0 Å². The molecule has 0 aliphatic heterocycles. The Bertz CT molecular complexity index is 1000. The average Bonchev–Trinajstić information content (AvgIpc) is 2.77. The SMILES string of the molecule is O=C(NCCNC(=O)c1c(F)cc(O[C@H]2CC[C@@H](C(=O)O)CC2)cc1F)c1ccc(Cl)cc1. The number of aliphatic carboxylic acids is 1. The fourth-order valence-electron chi connectivity index (χ4n) is 3.60. The number of amides is 2. The lowest BCUT2D eigenvalue weighted by molar-refractivity contribution is -0.143. The lowest BCUT2D eigenvalue weighted by Gasteiger charge is -2.26. The molecule has 2 amide bonds. The Balaban J connectivity index is 1.49. The lowest BCUT2D eigenvalue weighted by atomic mass is 9.87. The molecule has 1 aliphatic carbocycles. The molecule has 1 fully saturated rings. The van der Waals surface area contributed by atoms with Crippen molar-refractivity contribution < 1.29 is 33.0 Å². The first-order chi connectivity index (χ1) is 15.7. The van der Waals surface area contributed by atoms with Gasteiger partial charge in [-0.3, -0.25) is 14.4 Å². The van der Waals surface area contributed by atoms with Gasteiger partial charge < -0.3 is 20.5 Å². The second-order valence-electron chi connectivity index (χ2n) is 7.71. The van der Waals surface area contributed by atoms with Crippen molar-refractivity contribution in [3.8, 4) is 5.75 Å². The maximum absolute atomic E-state index is 14.4. The van der Waals surface area contributed by atoms with Gasteiger partial charge in [0.15, 0.2) is 0 Å². The van der Waals surface area contributed by atoms with E-state index in [-0.39, 0.29) is 30.9 Å². The zero-order valence-electron chi connectivity index (χ0n) is 17.6. The summed E-state index contributed by atoms with van der Waals surface area (Å²) in [7, 11) is 0. The van der Waals surface area contributed by atoms with E-state index in [1.807, 2.05) is 0 Å². The molecule has 0 heterocycles. The van der Waals surface area contributed by atoms with Crippen molar-refractivity contribution in [1.82, 2.24) is 10.6 Å². The topological polar surface area (TPSA) is 105 Å². The van der Waals surface area contributed by atoms with Crippen LogP contribution in [0.15, 0.2) is 36.4 Å². The van der Waals surface area contributed by atoms with E-state index < -0.39 is 35.0 Å². The molecule has 1 saturated carbocycles. The largest absolute Gasteiger partial charge is 0.490 e. The summed E-state index contributed by atoms with van der Waals surface area (Å²) in [5.41, 5.74) is -0.365. The molecule has 0 atom stereocenters. The Hall–Kier alpha value is -3.20. The highest BCUT2D eigenvalue weighted by Crippen LogP contribution is 2.29. The van der Waals surface area contributed by atoms with E-state index >= 15 is 0 Å². The van der Waals surface area contributed by atoms with Crippen LogP contribution in [0, 0.1) is 17.6 Å². The number of carbonyl (C=O) groups is 3. The van der Waals surface area contributed by atoms with Crippen molar-refractivity contribution in [2.24, 2.45) is 5.92 Å². The fraction of sp³-hybridized carbons (Fsp3) is 0.348. The highest BCUT2D eigenvalue weighted by atomic mass is 35.5. The lowest BCUT2D eigenvalue weighted by Crippen LogP contribution is -2.35. The summed E-state index contributed by atoms with van der Waals surface area (Å²) in [6, 6.07) is 8.09. The van der Waals surface area contributed by atoms with Crippen LogP contribution >= 0.6 is 11.6 Å². The van der Waals surface area contributed by atoms with Crippen LogP contribution in [0.2, 0.25) is 5.02 Å². The molecule has 2 aromatic carbocycles. The molecule has 1 aliphatic rings. The summed E-state index contributed by atoms with van der Waals surface area (Å²) in [5, 5.41) is 14.5. The van der Waals surface area contributed by atoms with Crippen LogP contribution in [0.25, 0.3) is 0 Å². The first-order valence-corrected chi connectivity index (χ1v) is 10.8. The Morgan fingerprint density at radius 2 is 1.48 bits per heavy atom. The highest BCUT2D eigenvalue weighted by Gasteiger charge is 2.27. The van der Waals surface area contributed by atoms with E-state index in [9.17, 15) is 23.2 Å². The summed E-state index contributed by atoms with van der Waals surface area (Å²) in [5.74, 6) is -4.84. The van der Waals surface area contributed by atoms with Crippen molar-refractivity contribution in [3.63, 3.8) is 0 Å². The standard InChI is InChI=1S/C23H23ClF2N2O5/c24-15-5-1-13(2-6-15)21(29)27-9-10-28-22(30)20-18(25)11-17(12-19(20)26)33-16-7-3-14(4-8-16)23(31)32/h1-2,5-6,11-12,14,16H,3-4,7-10H2,(H,27,29)(H,28,30)(H,31,32)/t14-,16+. The van der Waals surface area contributed by atoms with Gasteiger partial charge in [0.1, 0.15) is 22.9 Å². The van der Waals surface area contributed by atoms with Gasteiger partial charge in [0.2, 0.25) is 0 Å². The monoisotopic (exact) mass is 480 g/mol. The number of carboxylic acids is 1. The maximum atomic E-state index is 14.4. The van der Waals surface area contributed by atoms with Gasteiger partial charge in [0.25, 0.3) is 11.8 Å². The smallest absolute Gasteiger partial charge is 0.306 e. The van der Waals surface area contributed by atoms with Gasteiger partial charge in [-0.1, -0.05) is 11.6 Å². The third-order valence-corrected chi connectivity index (χ3v) is 5.62. The van der Waals surface area contributed by atoms with Gasteiger partial charge in [-0.15, -0.1) is 0 Å². The van der Waals surface area contributed by atoms with E-state index in [1.54, 1.807) is 24.3 Å². The molecule has 0 aromatic heterocycles. The van der Waals surface area contributed by atoms with Crippen LogP contribution in [0.3, 0.4) is 0 Å². The van der Waals surface area contributed by atoms with Gasteiger partial charge in [-0.05, 0) is 49.9 Å². The summed E-state index contributed by atoms with van der Waals surface area (Å²) < 4.78 is 34.5. The molecule has 0 unspecified atom stereocenters. The number of benzene rings is 2. The Morgan fingerprint density at radius 3 is 2.03 bits per heavy atom. The number of ether oxygens (including phenoxy) is 1. The van der Waals surface area contributed by atoms with E-state index in [0.717, 1.165) is 12.1 Å². The van der Waals surface area contributed by atoms with Crippen LogP contribution in [0.5, 0.6) is 5.75 Å². The molecule has 2 aromatic rings. The zero-order valence-corrected chi connectivity index (χ0v) is 18.3. The quantitative estimate of drug-likeness (QED) is 0.498. The number of carboxylic acid groups (broad SMARTS) is 1. The summed E-state index contributed by atoms with van der Waals surface area (Å²) in [4.78, 5) is 35.2. The summed E-state index contributed by atoms with van der Waals surface area (Å²) >= 11 is 5.77. The second-order valence-corrected chi connectivity index (χ2v) is 8.15. The zero-order chi connectivity index (χ0) is 24.0. The third-order valence-electron chi connectivity index (χ3n) is 5.37. The van der Waals surface area contributed by atoms with Crippen molar-refractivity contribution >= 4 is 29.4 Å². The number of rotatable bonds is 8. The molecule has 7 nitrogen and oxygen atoms in total. The first kappa shape index (κ1) is 24.4. The maximum Gasteiger partial charge on any atom is 0.306 e. The van der Waals surface area contributed by atoms with Gasteiger partial charge in [-0.25, -0.2) is 8.78 Å². The number of nitrogens with one attached hydrogen (secondary N) is 2. The summed E-state index contributed by atoms with van der Waals surface area (Å²) in [6.45, 7) is 0.0127. The third kappa shape index (κ3) is 6.64. The van der Waals surface area contributed by atoms with Crippen LogP contribution in [-0.2, 0) is 4.79 Å². The minimum absolute atomic E-state index is 0.0396. The second kappa shape index (κ2) is 11.1. The number of halogens is 3. The van der Waals surface area contributed by atoms with Crippen molar-refractivity contribution in [3.05, 3.63) is 64.2 Å². The van der Waals surface area contributed by atoms with E-state index in [2.05, 4.69) is 10.6 Å². The molecule has 0 radical (unpaired) electrons.